The van der Waals surface area contributed by atoms with Crippen LogP contribution in [0.2, 0.25) is 0 Å². The third-order valence-electron chi connectivity index (χ3n) is 3.42. The van der Waals surface area contributed by atoms with Crippen molar-refractivity contribution in [3.05, 3.63) is 29.6 Å². The van der Waals surface area contributed by atoms with Gasteiger partial charge in [-0.2, -0.15) is 0 Å². The van der Waals surface area contributed by atoms with Crippen LogP contribution in [0.1, 0.15) is 36.0 Å². The lowest BCUT2D eigenvalue weighted by atomic mass is 10.1. The zero-order valence-electron chi connectivity index (χ0n) is 9.95. The second-order valence-electron chi connectivity index (χ2n) is 4.59. The van der Waals surface area contributed by atoms with Gasteiger partial charge in [-0.15, -0.1) is 0 Å². The molecule has 4 heteroatoms. The van der Waals surface area contributed by atoms with E-state index in [1.807, 2.05) is 0 Å². The number of anilines is 1. The molecule has 0 saturated heterocycles. The summed E-state index contributed by atoms with van der Waals surface area (Å²) in [4.78, 5) is 13.8. The summed E-state index contributed by atoms with van der Waals surface area (Å²) >= 11 is 0. The second kappa shape index (κ2) is 4.73. The van der Waals surface area contributed by atoms with E-state index in [0.717, 1.165) is 25.7 Å². The van der Waals surface area contributed by atoms with Crippen LogP contribution in [0, 0.1) is 5.82 Å². The Bertz CT molecular complexity index is 427. The van der Waals surface area contributed by atoms with Gasteiger partial charge in [0, 0.05) is 18.8 Å². The Labute approximate surface area is 100 Å². The van der Waals surface area contributed by atoms with E-state index < -0.39 is 5.82 Å². The van der Waals surface area contributed by atoms with E-state index >= 15 is 0 Å². The van der Waals surface area contributed by atoms with E-state index in [-0.39, 0.29) is 17.5 Å². The van der Waals surface area contributed by atoms with Gasteiger partial charge < -0.3 is 10.6 Å². The normalized spacial score (nSPS) is 16.1. The first-order valence-corrected chi connectivity index (χ1v) is 5.92. The third-order valence-corrected chi connectivity index (χ3v) is 3.42. The van der Waals surface area contributed by atoms with Gasteiger partial charge in [-0.25, -0.2) is 4.39 Å². The Hall–Kier alpha value is -1.58. The second-order valence-corrected chi connectivity index (χ2v) is 4.59. The highest BCUT2D eigenvalue weighted by molar-refractivity contribution is 5.94. The molecule has 2 N–H and O–H groups in total. The lowest BCUT2D eigenvalue weighted by molar-refractivity contribution is 0.0730. The molecule has 0 atom stereocenters. The first-order chi connectivity index (χ1) is 8.09. The van der Waals surface area contributed by atoms with Crippen LogP contribution in [-0.2, 0) is 0 Å². The van der Waals surface area contributed by atoms with Crippen LogP contribution in [0.4, 0.5) is 10.1 Å². The molecule has 1 aliphatic rings. The Kier molecular flexibility index (Phi) is 3.31. The lowest BCUT2D eigenvalue weighted by Gasteiger charge is -2.24. The number of halogens is 1. The van der Waals surface area contributed by atoms with E-state index in [0.29, 0.717) is 5.69 Å². The minimum atomic E-state index is -0.542. The molecular weight excluding hydrogens is 219 g/mol. The van der Waals surface area contributed by atoms with Crippen LogP contribution in [0.25, 0.3) is 0 Å². The molecule has 1 aromatic rings. The summed E-state index contributed by atoms with van der Waals surface area (Å²) in [5.41, 5.74) is 5.90. The van der Waals surface area contributed by atoms with Crippen molar-refractivity contribution < 1.29 is 9.18 Å². The van der Waals surface area contributed by atoms with E-state index in [2.05, 4.69) is 0 Å². The van der Waals surface area contributed by atoms with Crippen molar-refractivity contribution in [2.45, 2.75) is 31.7 Å². The maximum absolute atomic E-state index is 13.6. The number of amides is 1. The SMILES string of the molecule is CN(C(=O)c1ccc(N)cc1F)C1CCCC1. The van der Waals surface area contributed by atoms with Gasteiger partial charge in [0.15, 0.2) is 0 Å². The monoisotopic (exact) mass is 236 g/mol. The molecule has 17 heavy (non-hydrogen) atoms. The molecule has 0 heterocycles. The van der Waals surface area contributed by atoms with Crippen molar-refractivity contribution in [3.63, 3.8) is 0 Å². The standard InChI is InChI=1S/C13H17FN2O/c1-16(10-4-2-3-5-10)13(17)11-7-6-9(15)8-12(11)14/h6-8,10H,2-5,15H2,1H3. The molecule has 1 aromatic carbocycles. The molecule has 0 spiro atoms. The first kappa shape index (κ1) is 11.9. The molecule has 3 nitrogen and oxygen atoms in total. The maximum atomic E-state index is 13.6. The number of nitrogens with zero attached hydrogens (tertiary/aromatic N) is 1. The Morgan fingerprint density at radius 1 is 1.41 bits per heavy atom. The third kappa shape index (κ3) is 2.40. The number of hydrogen-bond acceptors (Lipinski definition) is 2. The van der Waals surface area contributed by atoms with Crippen LogP contribution in [-0.4, -0.2) is 23.9 Å². The number of carbonyl (C=O) groups is 1. The van der Waals surface area contributed by atoms with Crippen molar-refractivity contribution in [1.29, 1.82) is 0 Å². The lowest BCUT2D eigenvalue weighted by Crippen LogP contribution is -2.35. The smallest absolute Gasteiger partial charge is 0.256 e. The largest absolute Gasteiger partial charge is 0.399 e. The molecule has 0 bridgehead atoms. The van der Waals surface area contributed by atoms with Crippen LogP contribution in [0.15, 0.2) is 18.2 Å². The number of benzene rings is 1. The fraction of sp³-hybridized carbons (Fsp3) is 0.462. The van der Waals surface area contributed by atoms with Gasteiger partial charge in [0.1, 0.15) is 5.82 Å². The number of rotatable bonds is 2. The molecule has 0 aromatic heterocycles. The summed E-state index contributed by atoms with van der Waals surface area (Å²) in [6.07, 6.45) is 4.32. The molecule has 0 unspecified atom stereocenters. The first-order valence-electron chi connectivity index (χ1n) is 5.92. The van der Waals surface area contributed by atoms with Crippen molar-refractivity contribution in [3.8, 4) is 0 Å². The Morgan fingerprint density at radius 3 is 2.65 bits per heavy atom. The van der Waals surface area contributed by atoms with Gasteiger partial charge in [-0.1, -0.05) is 12.8 Å². The number of nitrogen functional groups attached to an aromatic ring is 1. The summed E-state index contributed by atoms with van der Waals surface area (Å²) in [5.74, 6) is -0.797. The Balaban J connectivity index is 2.18. The predicted octanol–water partition coefficient (Wildman–Crippen LogP) is 2.42. The molecule has 0 radical (unpaired) electrons. The Morgan fingerprint density at radius 2 is 2.06 bits per heavy atom. The zero-order chi connectivity index (χ0) is 12.4. The molecular formula is C13H17FN2O. The average Bonchev–Trinajstić information content (AvgIpc) is 2.80. The molecule has 1 aliphatic carbocycles. The maximum Gasteiger partial charge on any atom is 0.256 e. The molecule has 92 valence electrons. The zero-order valence-corrected chi connectivity index (χ0v) is 9.95. The van der Waals surface area contributed by atoms with Crippen LogP contribution in [0.3, 0.4) is 0 Å². The molecule has 2 rings (SSSR count). The topological polar surface area (TPSA) is 46.3 Å². The highest BCUT2D eigenvalue weighted by Gasteiger charge is 2.25. The molecule has 1 fully saturated rings. The van der Waals surface area contributed by atoms with E-state index in [1.165, 1.54) is 12.1 Å². The minimum absolute atomic E-state index is 0.105. The van der Waals surface area contributed by atoms with Gasteiger partial charge in [0.25, 0.3) is 5.91 Å². The summed E-state index contributed by atoms with van der Waals surface area (Å²) in [6.45, 7) is 0. The predicted molar refractivity (Wildman–Crippen MR) is 65.2 cm³/mol. The van der Waals surface area contributed by atoms with Gasteiger partial charge in [0.2, 0.25) is 0 Å². The molecule has 1 amide bonds. The fourth-order valence-corrected chi connectivity index (χ4v) is 2.35. The van der Waals surface area contributed by atoms with Crippen molar-refractivity contribution >= 4 is 11.6 Å². The number of carbonyl (C=O) groups excluding carboxylic acids is 1. The van der Waals surface area contributed by atoms with Gasteiger partial charge >= 0.3 is 0 Å². The summed E-state index contributed by atoms with van der Waals surface area (Å²) in [7, 11) is 1.74. The van der Waals surface area contributed by atoms with Crippen LogP contribution < -0.4 is 5.73 Å². The van der Waals surface area contributed by atoms with Gasteiger partial charge in [0.05, 0.1) is 5.56 Å². The number of nitrogens with two attached hydrogens (primary N) is 1. The summed E-state index contributed by atoms with van der Waals surface area (Å²) < 4.78 is 13.6. The van der Waals surface area contributed by atoms with Crippen LogP contribution in [0.5, 0.6) is 0 Å². The summed E-state index contributed by atoms with van der Waals surface area (Å²) in [6, 6.07) is 4.45. The summed E-state index contributed by atoms with van der Waals surface area (Å²) in [5, 5.41) is 0. The van der Waals surface area contributed by atoms with E-state index in [4.69, 9.17) is 5.73 Å². The minimum Gasteiger partial charge on any atom is -0.399 e. The highest BCUT2D eigenvalue weighted by Crippen LogP contribution is 2.24. The van der Waals surface area contributed by atoms with Crippen molar-refractivity contribution in [2.75, 3.05) is 12.8 Å². The highest BCUT2D eigenvalue weighted by atomic mass is 19.1. The van der Waals surface area contributed by atoms with Crippen molar-refractivity contribution in [2.24, 2.45) is 0 Å². The van der Waals surface area contributed by atoms with E-state index in [1.54, 1.807) is 18.0 Å². The van der Waals surface area contributed by atoms with Gasteiger partial charge in [-0.05, 0) is 31.0 Å². The van der Waals surface area contributed by atoms with Crippen molar-refractivity contribution in [1.82, 2.24) is 4.90 Å². The molecule has 1 saturated carbocycles. The average molecular weight is 236 g/mol. The number of hydrogen-bond donors (Lipinski definition) is 1. The van der Waals surface area contributed by atoms with E-state index in [9.17, 15) is 9.18 Å². The quantitative estimate of drug-likeness (QED) is 0.801. The molecule has 0 aliphatic heterocycles. The fourth-order valence-electron chi connectivity index (χ4n) is 2.35. The van der Waals surface area contributed by atoms with Crippen LogP contribution >= 0.6 is 0 Å². The van der Waals surface area contributed by atoms with Gasteiger partial charge in [-0.3, -0.25) is 4.79 Å².